The summed E-state index contributed by atoms with van der Waals surface area (Å²) in [7, 11) is 3.77. The number of aryl methyl sites for hydroxylation is 1. The smallest absolute Gasteiger partial charge is 0.147 e. The molecule has 3 aromatic carbocycles. The predicted octanol–water partition coefficient (Wildman–Crippen LogP) is 5.88. The molecule has 2 heterocycles. The van der Waals surface area contributed by atoms with Gasteiger partial charge in [-0.15, -0.1) is 0 Å². The van der Waals surface area contributed by atoms with Crippen molar-refractivity contribution < 1.29 is 9.13 Å². The first-order valence-electron chi connectivity index (χ1n) is 12.2. The van der Waals surface area contributed by atoms with Crippen molar-refractivity contribution in [1.29, 1.82) is 0 Å². The van der Waals surface area contributed by atoms with E-state index in [2.05, 4.69) is 64.1 Å². The third-order valence-corrected chi connectivity index (χ3v) is 8.36. The lowest BCUT2D eigenvalue weighted by Crippen LogP contribution is -2.53. The normalized spacial score (nSPS) is 22.4. The summed E-state index contributed by atoms with van der Waals surface area (Å²) in [6, 6.07) is 24.9. The number of piperidine rings is 1. The van der Waals surface area contributed by atoms with Gasteiger partial charge in [-0.3, -0.25) is 4.90 Å². The van der Waals surface area contributed by atoms with Gasteiger partial charge in [-0.25, -0.2) is 4.39 Å². The number of hydrogen-bond acceptors (Lipinski definition) is 2. The summed E-state index contributed by atoms with van der Waals surface area (Å²) in [5.74, 6) is 1.24. The Morgan fingerprint density at radius 2 is 1.85 bits per heavy atom. The number of methoxy groups -OCH3 is 1. The van der Waals surface area contributed by atoms with E-state index in [9.17, 15) is 4.39 Å². The predicted molar refractivity (Wildman–Crippen MR) is 135 cm³/mol. The Labute approximate surface area is 200 Å². The van der Waals surface area contributed by atoms with E-state index in [-0.39, 0.29) is 11.2 Å². The molecular weight excluding hydrogens is 423 g/mol. The van der Waals surface area contributed by atoms with E-state index in [1.165, 1.54) is 22.4 Å². The molecule has 1 aliphatic carbocycles. The maximum Gasteiger partial charge on any atom is 0.147 e. The van der Waals surface area contributed by atoms with Gasteiger partial charge in [0, 0.05) is 36.6 Å². The highest BCUT2D eigenvalue weighted by molar-refractivity contribution is 5.86. The number of halogens is 1. The Kier molecular flexibility index (Phi) is 5.22. The fraction of sp³-hybridized carbons (Fsp3) is 0.333. The molecular formula is C30H31FN2O. The Balaban J connectivity index is 1.45. The number of fused-ring (bicyclic) bond motifs is 4. The van der Waals surface area contributed by atoms with Crippen LogP contribution in [0.1, 0.15) is 28.8 Å². The monoisotopic (exact) mass is 454 g/mol. The molecule has 0 radical (unpaired) electrons. The van der Waals surface area contributed by atoms with Gasteiger partial charge in [0.1, 0.15) is 11.6 Å². The van der Waals surface area contributed by atoms with Crippen LogP contribution in [0.4, 0.5) is 4.39 Å². The Morgan fingerprint density at radius 1 is 1.03 bits per heavy atom. The first-order chi connectivity index (χ1) is 16.6. The number of hydrogen-bond donors (Lipinski definition) is 0. The van der Waals surface area contributed by atoms with Crippen LogP contribution in [-0.4, -0.2) is 29.7 Å². The quantitative estimate of drug-likeness (QED) is 0.383. The summed E-state index contributed by atoms with van der Waals surface area (Å²) in [5, 5.41) is 1.08. The van der Waals surface area contributed by atoms with E-state index in [0.717, 1.165) is 55.5 Å². The molecule has 0 spiro atoms. The van der Waals surface area contributed by atoms with Crippen LogP contribution < -0.4 is 4.74 Å². The van der Waals surface area contributed by atoms with Crippen molar-refractivity contribution in [3.63, 3.8) is 0 Å². The van der Waals surface area contributed by atoms with Crippen LogP contribution in [0, 0.1) is 11.7 Å². The van der Waals surface area contributed by atoms with E-state index < -0.39 is 0 Å². The zero-order chi connectivity index (χ0) is 23.3. The molecule has 4 heteroatoms. The van der Waals surface area contributed by atoms with Gasteiger partial charge in [0.25, 0.3) is 0 Å². The molecule has 0 amide bonds. The van der Waals surface area contributed by atoms with Crippen molar-refractivity contribution in [2.24, 2.45) is 13.0 Å². The fourth-order valence-electron chi connectivity index (χ4n) is 6.62. The Morgan fingerprint density at radius 3 is 2.68 bits per heavy atom. The molecule has 2 unspecified atom stereocenters. The average Bonchev–Trinajstić information content (AvgIpc) is 3.15. The zero-order valence-corrected chi connectivity index (χ0v) is 19.9. The molecule has 1 saturated heterocycles. The van der Waals surface area contributed by atoms with Crippen molar-refractivity contribution in [3.8, 4) is 5.75 Å². The van der Waals surface area contributed by atoms with Crippen molar-refractivity contribution >= 4 is 10.9 Å². The molecule has 1 fully saturated rings. The zero-order valence-electron chi connectivity index (χ0n) is 19.9. The third kappa shape index (κ3) is 3.35. The molecule has 3 nitrogen and oxygen atoms in total. The molecule has 4 aromatic rings. The Hall–Kier alpha value is -3.11. The minimum absolute atomic E-state index is 0.0212. The molecule has 34 heavy (non-hydrogen) atoms. The number of ether oxygens (including phenoxy) is 1. The fourth-order valence-corrected chi connectivity index (χ4v) is 6.62. The number of aromatic nitrogens is 1. The summed E-state index contributed by atoms with van der Waals surface area (Å²) >= 11 is 0. The first kappa shape index (κ1) is 21.4. The van der Waals surface area contributed by atoms with Crippen molar-refractivity contribution in [2.75, 3.05) is 20.2 Å². The van der Waals surface area contributed by atoms with Crippen molar-refractivity contribution in [2.45, 2.75) is 31.2 Å². The topological polar surface area (TPSA) is 17.4 Å². The lowest BCUT2D eigenvalue weighted by molar-refractivity contribution is 0.0758. The SMILES string of the molecule is COc1cccc(C23CCN(Cc4ccccc4)CC2Cc2c(n(C)c4c(F)cccc24)C3)c1. The largest absolute Gasteiger partial charge is 0.497 e. The third-order valence-electron chi connectivity index (χ3n) is 8.36. The molecule has 0 N–H and O–H groups in total. The minimum atomic E-state index is -0.126. The number of nitrogens with zero attached hydrogens (tertiary/aromatic N) is 2. The van der Waals surface area contributed by atoms with Crippen LogP contribution >= 0.6 is 0 Å². The number of rotatable bonds is 4. The number of likely N-dealkylation sites (tertiary alicyclic amines) is 1. The van der Waals surface area contributed by atoms with Crippen LogP contribution in [0.5, 0.6) is 5.75 Å². The molecule has 2 aliphatic rings. The number of para-hydroxylation sites is 1. The second-order valence-electron chi connectivity index (χ2n) is 10.1. The van der Waals surface area contributed by atoms with Crippen LogP contribution in [0.3, 0.4) is 0 Å². The highest BCUT2D eigenvalue weighted by Gasteiger charge is 2.48. The molecule has 2 atom stereocenters. The van der Waals surface area contributed by atoms with Gasteiger partial charge < -0.3 is 9.30 Å². The number of benzene rings is 3. The summed E-state index contributed by atoms with van der Waals surface area (Å²) < 4.78 is 22.6. The standard InChI is InChI=1S/C30H31FN2O/c1-32-28-18-30(22-10-6-11-24(16-22)34-2)14-15-33(19-21-8-4-3-5-9-21)20-23(30)17-26(28)25-12-7-13-27(31)29(25)32/h3-13,16,23H,14-15,17-20H2,1-2H3. The summed E-state index contributed by atoms with van der Waals surface area (Å²) in [6.45, 7) is 3.07. The summed E-state index contributed by atoms with van der Waals surface area (Å²) in [6.07, 6.45) is 2.99. The van der Waals surface area contributed by atoms with E-state index in [1.807, 2.05) is 19.2 Å². The van der Waals surface area contributed by atoms with Gasteiger partial charge in [0.05, 0.1) is 12.6 Å². The van der Waals surface area contributed by atoms with Gasteiger partial charge in [-0.05, 0) is 66.6 Å². The minimum Gasteiger partial charge on any atom is -0.497 e. The van der Waals surface area contributed by atoms with Crippen LogP contribution in [0.25, 0.3) is 10.9 Å². The maximum absolute atomic E-state index is 14.9. The molecule has 1 aromatic heterocycles. The van der Waals surface area contributed by atoms with Crippen LogP contribution in [0.2, 0.25) is 0 Å². The van der Waals surface area contributed by atoms with Crippen LogP contribution in [0.15, 0.2) is 72.8 Å². The molecule has 0 saturated carbocycles. The second kappa shape index (κ2) is 8.28. The van der Waals surface area contributed by atoms with Gasteiger partial charge in [-0.2, -0.15) is 0 Å². The lowest BCUT2D eigenvalue weighted by Gasteiger charge is -2.51. The van der Waals surface area contributed by atoms with E-state index >= 15 is 0 Å². The van der Waals surface area contributed by atoms with E-state index in [4.69, 9.17) is 4.74 Å². The van der Waals surface area contributed by atoms with Crippen molar-refractivity contribution in [3.05, 3.63) is 101 Å². The first-order valence-corrected chi connectivity index (χ1v) is 12.2. The van der Waals surface area contributed by atoms with Gasteiger partial charge in [0.15, 0.2) is 0 Å². The molecule has 1 aliphatic heterocycles. The molecule has 6 rings (SSSR count). The van der Waals surface area contributed by atoms with Gasteiger partial charge in [0.2, 0.25) is 0 Å². The van der Waals surface area contributed by atoms with Gasteiger partial charge >= 0.3 is 0 Å². The van der Waals surface area contributed by atoms with Crippen molar-refractivity contribution in [1.82, 2.24) is 9.47 Å². The molecule has 0 bridgehead atoms. The maximum atomic E-state index is 14.9. The highest BCUT2D eigenvalue weighted by atomic mass is 19.1. The molecule has 174 valence electrons. The highest BCUT2D eigenvalue weighted by Crippen LogP contribution is 2.50. The van der Waals surface area contributed by atoms with E-state index in [1.54, 1.807) is 13.2 Å². The Bertz CT molecular complexity index is 1340. The average molecular weight is 455 g/mol. The summed E-state index contributed by atoms with van der Waals surface area (Å²) in [4.78, 5) is 2.61. The van der Waals surface area contributed by atoms with Crippen LogP contribution in [-0.2, 0) is 31.8 Å². The second-order valence-corrected chi connectivity index (χ2v) is 10.1. The van der Waals surface area contributed by atoms with Gasteiger partial charge in [-0.1, -0.05) is 54.6 Å². The lowest BCUT2D eigenvalue weighted by atomic mass is 9.58. The van der Waals surface area contributed by atoms with E-state index in [0.29, 0.717) is 5.92 Å². The summed E-state index contributed by atoms with van der Waals surface area (Å²) in [5.41, 5.74) is 6.10.